The molecule has 1 aromatic carbocycles. The number of ether oxygens (including phenoxy) is 1. The Kier molecular flexibility index (Phi) is 6.32. The van der Waals surface area contributed by atoms with Gasteiger partial charge in [0.1, 0.15) is 11.9 Å². The highest BCUT2D eigenvalue weighted by Gasteiger charge is 2.26. The average molecular weight is 359 g/mol. The van der Waals surface area contributed by atoms with E-state index in [0.29, 0.717) is 49.5 Å². The second-order valence-electron chi connectivity index (χ2n) is 6.27. The molecule has 1 aliphatic heterocycles. The van der Waals surface area contributed by atoms with Gasteiger partial charge in [0, 0.05) is 26.2 Å². The molecule has 0 spiro atoms. The smallest absolute Gasteiger partial charge is 0.258 e. The van der Waals surface area contributed by atoms with Crippen LogP contribution in [0.3, 0.4) is 0 Å². The van der Waals surface area contributed by atoms with Crippen LogP contribution in [0.4, 0.5) is 0 Å². The second-order valence-corrected chi connectivity index (χ2v) is 6.27. The number of nitrogens with zero attached hydrogens (tertiary/aromatic N) is 2. The molecule has 1 atom stereocenters. The van der Waals surface area contributed by atoms with E-state index in [0.717, 1.165) is 13.1 Å². The molecule has 1 unspecified atom stereocenters. The summed E-state index contributed by atoms with van der Waals surface area (Å²) in [6.45, 7) is 6.33. The van der Waals surface area contributed by atoms with Crippen molar-refractivity contribution in [3.05, 3.63) is 40.4 Å². The van der Waals surface area contributed by atoms with E-state index in [9.17, 15) is 9.59 Å². The van der Waals surface area contributed by atoms with E-state index in [4.69, 9.17) is 4.74 Å². The van der Waals surface area contributed by atoms with Crippen molar-refractivity contribution in [3.63, 3.8) is 0 Å². The average Bonchev–Trinajstić information content (AvgIpc) is 2.65. The summed E-state index contributed by atoms with van der Waals surface area (Å²) in [7, 11) is 0. The summed E-state index contributed by atoms with van der Waals surface area (Å²) in [5.41, 5.74) is 0.536. The van der Waals surface area contributed by atoms with Gasteiger partial charge in [0.05, 0.1) is 24.1 Å². The van der Waals surface area contributed by atoms with Crippen LogP contribution < -0.4 is 16.2 Å². The SMILES string of the molecule is CCNCCNC(=O)C1CN(Cc2nc3ccccc3c(=O)[nH]2)CCO1. The number of carbonyl (C=O) groups is 1. The Morgan fingerprint density at radius 1 is 1.38 bits per heavy atom. The number of para-hydroxylation sites is 1. The Labute approximate surface area is 151 Å². The number of H-pyrrole nitrogens is 1. The third-order valence-electron chi connectivity index (χ3n) is 4.33. The standard InChI is InChI=1S/C18H25N5O3/c1-2-19-7-8-20-18(25)15-11-23(9-10-26-15)12-16-21-14-6-4-3-5-13(14)17(24)22-16/h3-6,15,19H,2,7-12H2,1H3,(H,20,25)(H,21,22,24). The summed E-state index contributed by atoms with van der Waals surface area (Å²) < 4.78 is 5.59. The van der Waals surface area contributed by atoms with Gasteiger partial charge in [-0.3, -0.25) is 14.5 Å². The molecule has 3 rings (SSSR count). The number of nitrogens with one attached hydrogen (secondary N) is 3. The highest BCUT2D eigenvalue weighted by atomic mass is 16.5. The van der Waals surface area contributed by atoms with Crippen molar-refractivity contribution in [2.75, 3.05) is 39.3 Å². The third kappa shape index (κ3) is 4.66. The lowest BCUT2D eigenvalue weighted by Crippen LogP contribution is -2.50. The molecule has 0 aliphatic carbocycles. The molecule has 1 aliphatic rings. The number of aromatic amines is 1. The van der Waals surface area contributed by atoms with Crippen LogP contribution in [-0.4, -0.2) is 66.2 Å². The normalized spacial score (nSPS) is 18.1. The molecule has 1 fully saturated rings. The van der Waals surface area contributed by atoms with Crippen LogP contribution in [0.25, 0.3) is 10.9 Å². The fourth-order valence-corrected chi connectivity index (χ4v) is 2.99. The van der Waals surface area contributed by atoms with Crippen molar-refractivity contribution in [2.24, 2.45) is 0 Å². The summed E-state index contributed by atoms with van der Waals surface area (Å²) in [4.78, 5) is 33.8. The van der Waals surface area contributed by atoms with E-state index in [2.05, 4.69) is 25.5 Å². The minimum atomic E-state index is -0.502. The van der Waals surface area contributed by atoms with E-state index in [1.165, 1.54) is 0 Å². The van der Waals surface area contributed by atoms with Gasteiger partial charge in [-0.15, -0.1) is 0 Å². The number of hydrogen-bond donors (Lipinski definition) is 3. The van der Waals surface area contributed by atoms with E-state index >= 15 is 0 Å². The Balaban J connectivity index is 1.60. The van der Waals surface area contributed by atoms with Gasteiger partial charge in [0.2, 0.25) is 0 Å². The lowest BCUT2D eigenvalue weighted by atomic mass is 10.2. The summed E-state index contributed by atoms with van der Waals surface area (Å²) >= 11 is 0. The topological polar surface area (TPSA) is 99.4 Å². The number of likely N-dealkylation sites (N-methyl/N-ethyl adjacent to an activating group) is 1. The number of morpholine rings is 1. The molecular weight excluding hydrogens is 334 g/mol. The van der Waals surface area contributed by atoms with Crippen molar-refractivity contribution in [1.82, 2.24) is 25.5 Å². The summed E-state index contributed by atoms with van der Waals surface area (Å²) in [5, 5.41) is 6.62. The molecule has 1 amide bonds. The molecule has 8 heteroatoms. The zero-order valence-corrected chi connectivity index (χ0v) is 15.0. The van der Waals surface area contributed by atoms with Crippen LogP contribution in [0.5, 0.6) is 0 Å². The van der Waals surface area contributed by atoms with Crippen LogP contribution in [0.15, 0.2) is 29.1 Å². The minimum absolute atomic E-state index is 0.104. The van der Waals surface area contributed by atoms with Crippen molar-refractivity contribution < 1.29 is 9.53 Å². The lowest BCUT2D eigenvalue weighted by molar-refractivity contribution is -0.138. The summed E-state index contributed by atoms with van der Waals surface area (Å²) in [6.07, 6.45) is -0.502. The molecule has 1 saturated heterocycles. The molecule has 1 aromatic heterocycles. The molecule has 2 heterocycles. The van der Waals surface area contributed by atoms with Crippen LogP contribution in [0.1, 0.15) is 12.7 Å². The maximum atomic E-state index is 12.2. The van der Waals surface area contributed by atoms with Crippen molar-refractivity contribution in [1.29, 1.82) is 0 Å². The number of hydrogen-bond acceptors (Lipinski definition) is 6. The predicted molar refractivity (Wildman–Crippen MR) is 98.9 cm³/mol. The molecule has 2 aromatic rings. The lowest BCUT2D eigenvalue weighted by Gasteiger charge is -2.31. The number of aromatic nitrogens is 2. The predicted octanol–water partition coefficient (Wildman–Crippen LogP) is -0.150. The zero-order valence-electron chi connectivity index (χ0n) is 15.0. The quantitative estimate of drug-likeness (QED) is 0.595. The van der Waals surface area contributed by atoms with Crippen LogP contribution in [0.2, 0.25) is 0 Å². The Morgan fingerprint density at radius 3 is 3.08 bits per heavy atom. The Morgan fingerprint density at radius 2 is 2.23 bits per heavy atom. The molecule has 26 heavy (non-hydrogen) atoms. The number of amides is 1. The van der Waals surface area contributed by atoms with Gasteiger partial charge in [0.15, 0.2) is 0 Å². The molecule has 0 saturated carbocycles. The largest absolute Gasteiger partial charge is 0.366 e. The van der Waals surface area contributed by atoms with Gasteiger partial charge in [-0.2, -0.15) is 0 Å². The molecule has 0 radical (unpaired) electrons. The Hall–Kier alpha value is -2.29. The molecule has 3 N–H and O–H groups in total. The van der Waals surface area contributed by atoms with E-state index < -0.39 is 6.10 Å². The highest BCUT2D eigenvalue weighted by molar-refractivity contribution is 5.81. The second kappa shape index (κ2) is 8.88. The molecular formula is C18H25N5O3. The Bertz CT molecular complexity index is 807. The maximum absolute atomic E-state index is 12.2. The van der Waals surface area contributed by atoms with Crippen molar-refractivity contribution >= 4 is 16.8 Å². The first-order valence-corrected chi connectivity index (χ1v) is 8.97. The highest BCUT2D eigenvalue weighted by Crippen LogP contribution is 2.10. The van der Waals surface area contributed by atoms with Crippen LogP contribution in [-0.2, 0) is 16.1 Å². The summed E-state index contributed by atoms with van der Waals surface area (Å²) in [5.74, 6) is 0.495. The van der Waals surface area contributed by atoms with Gasteiger partial charge in [0.25, 0.3) is 11.5 Å². The molecule has 140 valence electrons. The van der Waals surface area contributed by atoms with Gasteiger partial charge in [-0.25, -0.2) is 4.98 Å². The number of rotatable bonds is 7. The first-order valence-electron chi connectivity index (χ1n) is 8.97. The van der Waals surface area contributed by atoms with Gasteiger partial charge < -0.3 is 20.4 Å². The van der Waals surface area contributed by atoms with Crippen molar-refractivity contribution in [2.45, 2.75) is 19.6 Å². The fourth-order valence-electron chi connectivity index (χ4n) is 2.99. The number of benzene rings is 1. The summed E-state index contributed by atoms with van der Waals surface area (Å²) in [6, 6.07) is 7.27. The zero-order chi connectivity index (χ0) is 18.4. The minimum Gasteiger partial charge on any atom is -0.366 e. The van der Waals surface area contributed by atoms with Gasteiger partial charge >= 0.3 is 0 Å². The van der Waals surface area contributed by atoms with E-state index in [-0.39, 0.29) is 11.5 Å². The van der Waals surface area contributed by atoms with Crippen LogP contribution in [0, 0.1) is 0 Å². The number of fused-ring (bicyclic) bond motifs is 1. The van der Waals surface area contributed by atoms with E-state index in [1.54, 1.807) is 6.07 Å². The third-order valence-corrected chi connectivity index (χ3v) is 4.33. The fraction of sp³-hybridized carbons (Fsp3) is 0.500. The van der Waals surface area contributed by atoms with E-state index in [1.807, 2.05) is 25.1 Å². The van der Waals surface area contributed by atoms with Gasteiger partial charge in [-0.05, 0) is 18.7 Å². The van der Waals surface area contributed by atoms with Gasteiger partial charge in [-0.1, -0.05) is 19.1 Å². The first-order chi connectivity index (χ1) is 12.7. The maximum Gasteiger partial charge on any atom is 0.258 e. The number of carbonyl (C=O) groups excluding carboxylic acids is 1. The molecule has 0 bridgehead atoms. The monoisotopic (exact) mass is 359 g/mol. The molecule has 8 nitrogen and oxygen atoms in total. The first kappa shape index (κ1) is 18.5. The van der Waals surface area contributed by atoms with Crippen LogP contribution >= 0.6 is 0 Å². The van der Waals surface area contributed by atoms with Crippen molar-refractivity contribution in [3.8, 4) is 0 Å².